The van der Waals surface area contributed by atoms with E-state index < -0.39 is 6.10 Å². The number of nitrogens with zero attached hydrogens (tertiary/aromatic N) is 1. The maximum atomic E-state index is 9.63. The summed E-state index contributed by atoms with van der Waals surface area (Å²) in [6.07, 6.45) is 0.864. The second-order valence-corrected chi connectivity index (χ2v) is 6.47. The van der Waals surface area contributed by atoms with Crippen molar-refractivity contribution in [2.75, 3.05) is 18.0 Å². The zero-order valence-corrected chi connectivity index (χ0v) is 12.9. The van der Waals surface area contributed by atoms with E-state index in [4.69, 9.17) is 0 Å². The zero-order valence-electron chi connectivity index (χ0n) is 11.4. The van der Waals surface area contributed by atoms with Gasteiger partial charge in [-0.3, -0.25) is 0 Å². The van der Waals surface area contributed by atoms with Crippen LogP contribution in [0.4, 0.5) is 5.69 Å². The zero-order chi connectivity index (χ0) is 13.3. The van der Waals surface area contributed by atoms with Crippen LogP contribution in [-0.4, -0.2) is 18.2 Å². The topological polar surface area (TPSA) is 23.5 Å². The average molecular weight is 312 g/mol. The van der Waals surface area contributed by atoms with Gasteiger partial charge in [-0.1, -0.05) is 35.8 Å². The van der Waals surface area contributed by atoms with Crippen LogP contribution in [0, 0.1) is 11.8 Å². The van der Waals surface area contributed by atoms with Crippen molar-refractivity contribution in [3.8, 4) is 0 Å². The van der Waals surface area contributed by atoms with Crippen LogP contribution in [0.2, 0.25) is 0 Å². The maximum Gasteiger partial charge on any atom is 0.0772 e. The van der Waals surface area contributed by atoms with Gasteiger partial charge in [-0.05, 0) is 42.9 Å². The highest BCUT2D eigenvalue weighted by molar-refractivity contribution is 9.10. The summed E-state index contributed by atoms with van der Waals surface area (Å²) in [6.45, 7) is 8.70. The van der Waals surface area contributed by atoms with Crippen molar-refractivity contribution in [2.45, 2.75) is 33.3 Å². The number of hydrogen-bond donors (Lipinski definition) is 1. The monoisotopic (exact) mass is 311 g/mol. The lowest BCUT2D eigenvalue weighted by molar-refractivity contribution is 0.198. The first-order chi connectivity index (χ1) is 8.49. The second kappa shape index (κ2) is 5.62. The van der Waals surface area contributed by atoms with Gasteiger partial charge in [0.1, 0.15) is 0 Å². The van der Waals surface area contributed by atoms with Crippen LogP contribution in [0.15, 0.2) is 22.7 Å². The van der Waals surface area contributed by atoms with Gasteiger partial charge < -0.3 is 10.0 Å². The molecule has 1 unspecified atom stereocenters. The predicted octanol–water partition coefficient (Wildman–Crippen LogP) is 3.98. The van der Waals surface area contributed by atoms with Gasteiger partial charge in [0.15, 0.2) is 0 Å². The Morgan fingerprint density at radius 3 is 2.56 bits per heavy atom. The smallest absolute Gasteiger partial charge is 0.0772 e. The van der Waals surface area contributed by atoms with E-state index in [1.807, 2.05) is 6.07 Å². The molecule has 0 amide bonds. The van der Waals surface area contributed by atoms with Crippen molar-refractivity contribution in [1.29, 1.82) is 0 Å². The highest BCUT2D eigenvalue weighted by Gasteiger charge is 2.25. The van der Waals surface area contributed by atoms with Gasteiger partial charge in [-0.2, -0.15) is 0 Å². The SMILES string of the molecule is CC(C)C1CCN(c2ccc([C@@H](C)O)c(Br)c2)C1. The number of anilines is 1. The highest BCUT2D eigenvalue weighted by Crippen LogP contribution is 2.32. The fraction of sp³-hybridized carbons (Fsp3) is 0.600. The summed E-state index contributed by atoms with van der Waals surface area (Å²) < 4.78 is 1.00. The molecule has 2 nitrogen and oxygen atoms in total. The Hall–Kier alpha value is -0.540. The summed E-state index contributed by atoms with van der Waals surface area (Å²) in [5.41, 5.74) is 2.22. The summed E-state index contributed by atoms with van der Waals surface area (Å²) in [4.78, 5) is 2.45. The number of hydrogen-bond acceptors (Lipinski definition) is 2. The molecule has 0 aliphatic carbocycles. The van der Waals surface area contributed by atoms with E-state index in [1.54, 1.807) is 6.92 Å². The summed E-state index contributed by atoms with van der Waals surface area (Å²) >= 11 is 3.55. The summed E-state index contributed by atoms with van der Waals surface area (Å²) in [7, 11) is 0. The van der Waals surface area contributed by atoms with E-state index in [0.29, 0.717) is 0 Å². The van der Waals surface area contributed by atoms with Crippen molar-refractivity contribution in [3.63, 3.8) is 0 Å². The molecule has 100 valence electrons. The Morgan fingerprint density at radius 2 is 2.06 bits per heavy atom. The number of benzene rings is 1. The fourth-order valence-electron chi connectivity index (χ4n) is 2.62. The van der Waals surface area contributed by atoms with Crippen LogP contribution in [0.25, 0.3) is 0 Å². The van der Waals surface area contributed by atoms with Crippen LogP contribution in [0.3, 0.4) is 0 Å². The Balaban J connectivity index is 2.13. The molecule has 1 heterocycles. The largest absolute Gasteiger partial charge is 0.389 e. The molecule has 1 aromatic carbocycles. The molecular weight excluding hydrogens is 290 g/mol. The van der Waals surface area contributed by atoms with Crippen LogP contribution in [-0.2, 0) is 0 Å². The minimum absolute atomic E-state index is 0.421. The number of aliphatic hydroxyl groups is 1. The van der Waals surface area contributed by atoms with E-state index in [9.17, 15) is 5.11 Å². The number of halogens is 1. The average Bonchev–Trinajstić information content (AvgIpc) is 2.77. The Morgan fingerprint density at radius 1 is 1.33 bits per heavy atom. The van der Waals surface area contributed by atoms with Gasteiger partial charge in [0.25, 0.3) is 0 Å². The van der Waals surface area contributed by atoms with Crippen LogP contribution in [0.1, 0.15) is 38.9 Å². The van der Waals surface area contributed by atoms with Crippen molar-refractivity contribution in [1.82, 2.24) is 0 Å². The van der Waals surface area contributed by atoms with Gasteiger partial charge in [-0.15, -0.1) is 0 Å². The lowest BCUT2D eigenvalue weighted by Gasteiger charge is -2.21. The van der Waals surface area contributed by atoms with Crippen LogP contribution < -0.4 is 4.90 Å². The first kappa shape index (κ1) is 13.9. The van der Waals surface area contributed by atoms with Crippen molar-refractivity contribution >= 4 is 21.6 Å². The van der Waals surface area contributed by atoms with E-state index >= 15 is 0 Å². The Bertz CT molecular complexity index is 417. The first-order valence-electron chi connectivity index (χ1n) is 6.71. The third kappa shape index (κ3) is 2.89. The quantitative estimate of drug-likeness (QED) is 0.912. The van der Waals surface area contributed by atoms with E-state index in [2.05, 4.69) is 46.8 Å². The molecular formula is C15H22BrNO. The molecule has 0 spiro atoms. The lowest BCUT2D eigenvalue weighted by atomic mass is 9.95. The lowest BCUT2D eigenvalue weighted by Crippen LogP contribution is -2.21. The van der Waals surface area contributed by atoms with Crippen molar-refractivity contribution < 1.29 is 5.11 Å². The van der Waals surface area contributed by atoms with Crippen LogP contribution >= 0.6 is 15.9 Å². The number of aliphatic hydroxyl groups excluding tert-OH is 1. The van der Waals surface area contributed by atoms with Gasteiger partial charge in [0.05, 0.1) is 6.10 Å². The third-order valence-corrected chi connectivity index (χ3v) is 4.65. The molecule has 0 saturated carbocycles. The summed E-state index contributed by atoms with van der Waals surface area (Å²) in [5.74, 6) is 1.57. The standard InChI is InChI=1S/C15H22BrNO/c1-10(2)12-6-7-17(9-12)13-4-5-14(11(3)18)15(16)8-13/h4-5,8,10-12,18H,6-7,9H2,1-3H3/t11-,12?/m1/s1. The molecule has 2 rings (SSSR count). The minimum Gasteiger partial charge on any atom is -0.389 e. The fourth-order valence-corrected chi connectivity index (χ4v) is 3.32. The first-order valence-corrected chi connectivity index (χ1v) is 7.50. The molecule has 0 bridgehead atoms. The van der Waals surface area contributed by atoms with Gasteiger partial charge in [0, 0.05) is 23.2 Å². The molecule has 0 aromatic heterocycles. The van der Waals surface area contributed by atoms with Crippen molar-refractivity contribution in [2.24, 2.45) is 11.8 Å². The van der Waals surface area contributed by atoms with Gasteiger partial charge in [-0.25, -0.2) is 0 Å². The molecule has 1 N–H and O–H groups in total. The highest BCUT2D eigenvalue weighted by atomic mass is 79.9. The number of rotatable bonds is 3. The maximum absolute atomic E-state index is 9.63. The normalized spacial score (nSPS) is 21.7. The Labute approximate surface area is 118 Å². The Kier molecular flexibility index (Phi) is 4.33. The van der Waals surface area contributed by atoms with E-state index in [0.717, 1.165) is 35.0 Å². The molecule has 1 aliphatic rings. The molecule has 1 saturated heterocycles. The predicted molar refractivity (Wildman–Crippen MR) is 79.9 cm³/mol. The second-order valence-electron chi connectivity index (χ2n) is 5.62. The molecule has 3 heteroatoms. The molecule has 0 radical (unpaired) electrons. The minimum atomic E-state index is -0.421. The van der Waals surface area contributed by atoms with Crippen molar-refractivity contribution in [3.05, 3.63) is 28.2 Å². The third-order valence-electron chi connectivity index (χ3n) is 3.97. The van der Waals surface area contributed by atoms with Gasteiger partial charge >= 0.3 is 0 Å². The molecule has 1 fully saturated rings. The van der Waals surface area contributed by atoms with Gasteiger partial charge in [0.2, 0.25) is 0 Å². The van der Waals surface area contributed by atoms with E-state index in [-0.39, 0.29) is 0 Å². The summed E-state index contributed by atoms with van der Waals surface area (Å²) in [5, 5.41) is 9.63. The molecule has 1 aliphatic heterocycles. The molecule has 1 aromatic rings. The van der Waals surface area contributed by atoms with Crippen LogP contribution in [0.5, 0.6) is 0 Å². The summed E-state index contributed by atoms with van der Waals surface area (Å²) in [6, 6.07) is 6.27. The molecule has 18 heavy (non-hydrogen) atoms. The van der Waals surface area contributed by atoms with E-state index in [1.165, 1.54) is 12.1 Å². The molecule has 2 atom stereocenters.